The van der Waals surface area contributed by atoms with Gasteiger partial charge in [0.2, 0.25) is 6.41 Å². The molecule has 0 saturated carbocycles. The first-order valence-electron chi connectivity index (χ1n) is 9.45. The fraction of sp³-hybridized carbons (Fsp3) is 0.333. The van der Waals surface area contributed by atoms with E-state index in [2.05, 4.69) is 4.98 Å². The van der Waals surface area contributed by atoms with Crippen LogP contribution in [0.5, 0.6) is 0 Å². The van der Waals surface area contributed by atoms with E-state index in [1.165, 1.54) is 0 Å². The molecule has 7 nitrogen and oxygen atoms in total. The number of hydrogen-bond donors (Lipinski definition) is 0. The van der Waals surface area contributed by atoms with E-state index in [0.717, 1.165) is 24.1 Å². The lowest BCUT2D eigenvalue weighted by Crippen LogP contribution is -2.48. The van der Waals surface area contributed by atoms with Gasteiger partial charge in [0.15, 0.2) is 0 Å². The fourth-order valence-electron chi connectivity index (χ4n) is 3.86. The summed E-state index contributed by atoms with van der Waals surface area (Å²) in [6, 6.07) is 12.9. The molecule has 0 radical (unpaired) electrons. The number of anilines is 1. The van der Waals surface area contributed by atoms with Crippen molar-refractivity contribution in [3.05, 3.63) is 59.4 Å². The Morgan fingerprint density at radius 1 is 0.964 bits per heavy atom. The number of fused-ring (bicyclic) bond motifs is 1. The third kappa shape index (κ3) is 3.24. The zero-order chi connectivity index (χ0) is 19.7. The van der Waals surface area contributed by atoms with Crippen molar-refractivity contribution in [1.29, 1.82) is 0 Å². The molecule has 1 unspecified atom stereocenters. The number of carbonyl (C=O) groups is 3. The summed E-state index contributed by atoms with van der Waals surface area (Å²) in [6.45, 7) is 3.97. The predicted octanol–water partition coefficient (Wildman–Crippen LogP) is 1.59. The summed E-state index contributed by atoms with van der Waals surface area (Å²) >= 11 is 0. The molecule has 0 spiro atoms. The zero-order valence-electron chi connectivity index (χ0n) is 15.7. The molecule has 1 fully saturated rings. The summed E-state index contributed by atoms with van der Waals surface area (Å²) in [5.41, 5.74) is 2.57. The molecule has 0 bridgehead atoms. The first-order valence-corrected chi connectivity index (χ1v) is 9.45. The summed E-state index contributed by atoms with van der Waals surface area (Å²) in [5, 5.41) is 0. The maximum Gasteiger partial charge on any atom is 0.277 e. The smallest absolute Gasteiger partial charge is 0.277 e. The Labute approximate surface area is 163 Å². The van der Waals surface area contributed by atoms with E-state index in [1.54, 1.807) is 32.9 Å². The Balaban J connectivity index is 1.55. The second-order valence-electron chi connectivity index (χ2n) is 7.20. The number of pyridine rings is 1. The van der Waals surface area contributed by atoms with Crippen LogP contribution >= 0.6 is 0 Å². The first-order chi connectivity index (χ1) is 13.6. The van der Waals surface area contributed by atoms with Crippen LogP contribution in [0, 0.1) is 0 Å². The van der Waals surface area contributed by atoms with Gasteiger partial charge < -0.3 is 14.7 Å². The van der Waals surface area contributed by atoms with Crippen LogP contribution in [0.1, 0.15) is 33.5 Å². The first kappa shape index (κ1) is 18.2. The maximum atomic E-state index is 13.1. The van der Waals surface area contributed by atoms with E-state index in [1.807, 2.05) is 31.2 Å². The number of amides is 3. The molecule has 7 heteroatoms. The number of nitrogens with zero attached hydrogens (tertiary/aromatic N) is 4. The van der Waals surface area contributed by atoms with Crippen LogP contribution in [0.25, 0.3) is 0 Å². The Morgan fingerprint density at radius 3 is 2.36 bits per heavy atom. The zero-order valence-corrected chi connectivity index (χ0v) is 15.7. The van der Waals surface area contributed by atoms with Crippen molar-refractivity contribution in [3.63, 3.8) is 0 Å². The van der Waals surface area contributed by atoms with Gasteiger partial charge in [-0.25, -0.2) is 4.98 Å². The van der Waals surface area contributed by atoms with Gasteiger partial charge in [-0.1, -0.05) is 24.3 Å². The van der Waals surface area contributed by atoms with Crippen molar-refractivity contribution >= 4 is 23.9 Å². The molecular weight excluding hydrogens is 356 g/mol. The molecule has 3 heterocycles. The second-order valence-corrected chi connectivity index (χ2v) is 7.20. The van der Waals surface area contributed by atoms with Crippen LogP contribution in [-0.2, 0) is 11.2 Å². The molecule has 1 saturated heterocycles. The monoisotopic (exact) mass is 378 g/mol. The molecule has 2 aromatic rings. The lowest BCUT2D eigenvalue weighted by Gasteiger charge is -2.32. The van der Waals surface area contributed by atoms with Crippen molar-refractivity contribution < 1.29 is 14.4 Å². The highest BCUT2D eigenvalue weighted by Gasteiger charge is 2.32. The van der Waals surface area contributed by atoms with E-state index < -0.39 is 0 Å². The van der Waals surface area contributed by atoms with Crippen molar-refractivity contribution in [1.82, 2.24) is 14.8 Å². The summed E-state index contributed by atoms with van der Waals surface area (Å²) in [7, 11) is 0. The molecule has 4 rings (SSSR count). The van der Waals surface area contributed by atoms with Crippen molar-refractivity contribution in [3.8, 4) is 0 Å². The van der Waals surface area contributed by atoms with Crippen LogP contribution in [0.15, 0.2) is 42.5 Å². The number of rotatable bonds is 3. The van der Waals surface area contributed by atoms with Gasteiger partial charge in [-0.15, -0.1) is 0 Å². The second kappa shape index (κ2) is 7.42. The third-order valence-electron chi connectivity index (χ3n) is 5.36. The number of piperazine rings is 1. The van der Waals surface area contributed by atoms with E-state index >= 15 is 0 Å². The molecule has 1 aromatic carbocycles. The molecular formula is C21H22N4O3. The van der Waals surface area contributed by atoms with Gasteiger partial charge in [-0.05, 0) is 37.1 Å². The van der Waals surface area contributed by atoms with Crippen molar-refractivity contribution in [2.75, 3.05) is 31.1 Å². The largest absolute Gasteiger partial charge is 0.342 e. The summed E-state index contributed by atoms with van der Waals surface area (Å²) in [6.07, 6.45) is 1.61. The SMILES string of the molecule is CC1Cc2ccccc2N1C(=O)c1cccc(C(=O)N2CCN(C=O)CC2)n1. The summed E-state index contributed by atoms with van der Waals surface area (Å²) in [5.74, 6) is -0.409. The highest BCUT2D eigenvalue weighted by molar-refractivity contribution is 6.07. The number of para-hydroxylation sites is 1. The van der Waals surface area contributed by atoms with Crippen LogP contribution in [0.3, 0.4) is 0 Å². The third-order valence-corrected chi connectivity index (χ3v) is 5.36. The normalized spacial score (nSPS) is 18.8. The van der Waals surface area contributed by atoms with Gasteiger partial charge >= 0.3 is 0 Å². The molecule has 3 amide bonds. The van der Waals surface area contributed by atoms with Gasteiger partial charge in [0.25, 0.3) is 11.8 Å². The van der Waals surface area contributed by atoms with Crippen LogP contribution in [0.4, 0.5) is 5.69 Å². The molecule has 2 aliphatic heterocycles. The van der Waals surface area contributed by atoms with E-state index in [4.69, 9.17) is 0 Å². The van der Waals surface area contributed by atoms with Crippen LogP contribution in [0.2, 0.25) is 0 Å². The van der Waals surface area contributed by atoms with Gasteiger partial charge in [0, 0.05) is 37.9 Å². The highest BCUT2D eigenvalue weighted by Crippen LogP contribution is 2.32. The van der Waals surface area contributed by atoms with E-state index in [9.17, 15) is 14.4 Å². The lowest BCUT2D eigenvalue weighted by molar-refractivity contribution is -0.119. The summed E-state index contributed by atoms with van der Waals surface area (Å²) in [4.78, 5) is 46.2. The average molecular weight is 378 g/mol. The minimum Gasteiger partial charge on any atom is -0.342 e. The number of carbonyl (C=O) groups excluding carboxylic acids is 3. The quantitative estimate of drug-likeness (QED) is 0.761. The van der Waals surface area contributed by atoms with Crippen LogP contribution in [-0.4, -0.2) is 65.2 Å². The summed E-state index contributed by atoms with van der Waals surface area (Å²) < 4.78 is 0. The Morgan fingerprint density at radius 2 is 1.64 bits per heavy atom. The molecule has 0 aliphatic carbocycles. The molecule has 0 N–H and O–H groups in total. The van der Waals surface area contributed by atoms with Crippen molar-refractivity contribution in [2.45, 2.75) is 19.4 Å². The average Bonchev–Trinajstić information content (AvgIpc) is 3.08. The number of benzene rings is 1. The van der Waals surface area contributed by atoms with Gasteiger partial charge in [-0.2, -0.15) is 0 Å². The molecule has 2 aliphatic rings. The minimum atomic E-state index is -0.213. The molecule has 28 heavy (non-hydrogen) atoms. The highest BCUT2D eigenvalue weighted by atomic mass is 16.2. The van der Waals surface area contributed by atoms with Crippen LogP contribution < -0.4 is 4.90 Å². The number of hydrogen-bond acceptors (Lipinski definition) is 4. The standard InChI is InChI=1S/C21H22N4O3/c1-15-13-16-5-2-3-8-19(16)25(15)21(28)18-7-4-6-17(22-18)20(27)24-11-9-23(14-26)10-12-24/h2-8,14-15H,9-13H2,1H3. The molecule has 144 valence electrons. The maximum absolute atomic E-state index is 13.1. The van der Waals surface area contributed by atoms with Gasteiger partial charge in [0.1, 0.15) is 11.4 Å². The topological polar surface area (TPSA) is 73.8 Å². The Bertz CT molecular complexity index is 921. The molecule has 1 atom stereocenters. The Hall–Kier alpha value is -3.22. The minimum absolute atomic E-state index is 0.0440. The fourth-order valence-corrected chi connectivity index (χ4v) is 3.86. The Kier molecular flexibility index (Phi) is 4.81. The number of aromatic nitrogens is 1. The lowest BCUT2D eigenvalue weighted by atomic mass is 10.1. The van der Waals surface area contributed by atoms with Gasteiger partial charge in [0.05, 0.1) is 0 Å². The molecule has 1 aromatic heterocycles. The van der Waals surface area contributed by atoms with E-state index in [0.29, 0.717) is 26.2 Å². The van der Waals surface area contributed by atoms with Gasteiger partial charge in [-0.3, -0.25) is 14.4 Å². The van der Waals surface area contributed by atoms with E-state index in [-0.39, 0.29) is 29.2 Å². The van der Waals surface area contributed by atoms with Crippen molar-refractivity contribution in [2.24, 2.45) is 0 Å². The predicted molar refractivity (Wildman–Crippen MR) is 104 cm³/mol.